The van der Waals surface area contributed by atoms with Crippen LogP contribution >= 0.6 is 0 Å². The number of hydrogen-bond acceptors (Lipinski definition) is 5. The number of pyridine rings is 1. The molecule has 0 atom stereocenters. The van der Waals surface area contributed by atoms with Crippen molar-refractivity contribution in [3.05, 3.63) is 24.0 Å². The fourth-order valence-corrected chi connectivity index (χ4v) is 2.34. The maximum absolute atomic E-state index is 6.08. The van der Waals surface area contributed by atoms with Gasteiger partial charge in [0, 0.05) is 23.4 Å². The molecule has 0 spiro atoms. The molecule has 0 aliphatic carbocycles. The van der Waals surface area contributed by atoms with E-state index in [0.717, 1.165) is 11.0 Å². The van der Waals surface area contributed by atoms with Crippen molar-refractivity contribution in [2.24, 2.45) is 0 Å². The van der Waals surface area contributed by atoms with E-state index in [9.17, 15) is 0 Å². The second-order valence-corrected chi connectivity index (χ2v) is 6.17. The van der Waals surface area contributed by atoms with Crippen molar-refractivity contribution in [2.45, 2.75) is 45.2 Å². The molecular weight excluding hydrogens is 257 g/mol. The molecule has 3 rings (SSSR count). The third-order valence-electron chi connectivity index (χ3n) is 4.27. The van der Waals surface area contributed by atoms with Crippen molar-refractivity contribution in [1.82, 2.24) is 4.98 Å². The molecule has 20 heavy (non-hydrogen) atoms. The lowest BCUT2D eigenvalue weighted by atomic mass is 9.77. The van der Waals surface area contributed by atoms with Crippen LogP contribution in [0, 0.1) is 0 Å². The molecular formula is C14H20BNO4. The quantitative estimate of drug-likeness (QED) is 0.765. The van der Waals surface area contributed by atoms with Gasteiger partial charge in [-0.2, -0.15) is 0 Å². The van der Waals surface area contributed by atoms with Crippen molar-refractivity contribution < 1.29 is 18.8 Å². The zero-order valence-electron chi connectivity index (χ0n) is 12.4. The molecule has 0 amide bonds. The fourth-order valence-electron chi connectivity index (χ4n) is 2.34. The first kappa shape index (κ1) is 14.0. The fraction of sp³-hybridized carbons (Fsp3) is 0.643. The van der Waals surface area contributed by atoms with Crippen LogP contribution in [0.5, 0.6) is 0 Å². The molecule has 0 saturated carbocycles. The average molecular weight is 277 g/mol. The van der Waals surface area contributed by atoms with Gasteiger partial charge in [-0.3, -0.25) is 4.98 Å². The molecule has 3 heterocycles. The maximum Gasteiger partial charge on any atom is 0.496 e. The lowest BCUT2D eigenvalue weighted by Crippen LogP contribution is -2.41. The molecule has 1 aromatic rings. The first-order valence-electron chi connectivity index (χ1n) is 6.93. The third-order valence-corrected chi connectivity index (χ3v) is 4.27. The van der Waals surface area contributed by atoms with Gasteiger partial charge in [0.1, 0.15) is 0 Å². The Bertz CT molecular complexity index is 484. The van der Waals surface area contributed by atoms with Gasteiger partial charge in [-0.1, -0.05) is 0 Å². The van der Waals surface area contributed by atoms with E-state index in [4.69, 9.17) is 18.8 Å². The second kappa shape index (κ2) is 4.81. The summed E-state index contributed by atoms with van der Waals surface area (Å²) in [7, 11) is -0.448. The Balaban J connectivity index is 1.92. The predicted molar refractivity (Wildman–Crippen MR) is 74.6 cm³/mol. The van der Waals surface area contributed by atoms with E-state index in [1.54, 1.807) is 12.4 Å². The van der Waals surface area contributed by atoms with E-state index in [0.29, 0.717) is 13.2 Å². The molecule has 6 heteroatoms. The Morgan fingerprint density at radius 1 is 1.10 bits per heavy atom. The van der Waals surface area contributed by atoms with Gasteiger partial charge >= 0.3 is 7.12 Å². The number of rotatable bonds is 2. The summed E-state index contributed by atoms with van der Waals surface area (Å²) in [5.74, 6) is 0. The predicted octanol–water partition coefficient (Wildman–Crippen LogP) is 1.43. The highest BCUT2D eigenvalue weighted by Gasteiger charge is 2.52. The SMILES string of the molecule is CC1(C)OB(c2cnccc2C2OCCO2)OC1(C)C. The normalized spacial score (nSPS) is 25.3. The van der Waals surface area contributed by atoms with Gasteiger partial charge in [0.2, 0.25) is 0 Å². The molecule has 2 aliphatic rings. The van der Waals surface area contributed by atoms with Crippen molar-refractivity contribution in [3.8, 4) is 0 Å². The van der Waals surface area contributed by atoms with Crippen LogP contribution in [0.3, 0.4) is 0 Å². The summed E-state index contributed by atoms with van der Waals surface area (Å²) in [5, 5.41) is 0. The van der Waals surface area contributed by atoms with E-state index in [1.807, 2.05) is 33.8 Å². The summed E-state index contributed by atoms with van der Waals surface area (Å²) in [6.45, 7) is 9.35. The van der Waals surface area contributed by atoms with Crippen LogP contribution in [-0.2, 0) is 18.8 Å². The van der Waals surface area contributed by atoms with Crippen LogP contribution in [0.15, 0.2) is 18.5 Å². The molecule has 0 N–H and O–H groups in total. The molecule has 2 aliphatic heterocycles. The molecule has 2 fully saturated rings. The van der Waals surface area contributed by atoms with E-state index in [1.165, 1.54) is 0 Å². The van der Waals surface area contributed by atoms with Crippen LogP contribution in [0.25, 0.3) is 0 Å². The lowest BCUT2D eigenvalue weighted by Gasteiger charge is -2.32. The zero-order chi connectivity index (χ0) is 14.4. The van der Waals surface area contributed by atoms with Crippen LogP contribution in [0.4, 0.5) is 0 Å². The summed E-state index contributed by atoms with van der Waals surface area (Å²) >= 11 is 0. The highest BCUT2D eigenvalue weighted by Crippen LogP contribution is 2.37. The molecule has 2 saturated heterocycles. The number of ether oxygens (including phenoxy) is 2. The molecule has 0 unspecified atom stereocenters. The summed E-state index contributed by atoms with van der Waals surface area (Å²) in [4.78, 5) is 4.19. The Morgan fingerprint density at radius 2 is 1.70 bits per heavy atom. The zero-order valence-corrected chi connectivity index (χ0v) is 12.4. The van der Waals surface area contributed by atoms with Gasteiger partial charge in [0.15, 0.2) is 6.29 Å². The number of nitrogens with zero attached hydrogens (tertiary/aromatic N) is 1. The van der Waals surface area contributed by atoms with Gasteiger partial charge in [-0.25, -0.2) is 0 Å². The second-order valence-electron chi connectivity index (χ2n) is 6.17. The molecule has 1 aromatic heterocycles. The van der Waals surface area contributed by atoms with Crippen molar-refractivity contribution in [3.63, 3.8) is 0 Å². The Morgan fingerprint density at radius 3 is 2.30 bits per heavy atom. The van der Waals surface area contributed by atoms with Crippen LogP contribution in [0.2, 0.25) is 0 Å². The van der Waals surface area contributed by atoms with Crippen LogP contribution in [0.1, 0.15) is 39.5 Å². The first-order valence-corrected chi connectivity index (χ1v) is 6.93. The smallest absolute Gasteiger partial charge is 0.399 e. The topological polar surface area (TPSA) is 49.8 Å². The van der Waals surface area contributed by atoms with E-state index in [2.05, 4.69) is 4.98 Å². The summed E-state index contributed by atoms with van der Waals surface area (Å²) in [5.41, 5.74) is 1.05. The summed E-state index contributed by atoms with van der Waals surface area (Å²) in [6.07, 6.45) is 3.14. The van der Waals surface area contributed by atoms with Crippen molar-refractivity contribution >= 4 is 12.6 Å². The van der Waals surface area contributed by atoms with E-state index in [-0.39, 0.29) is 17.5 Å². The van der Waals surface area contributed by atoms with Crippen molar-refractivity contribution in [1.29, 1.82) is 0 Å². The minimum Gasteiger partial charge on any atom is -0.399 e. The Hall–Kier alpha value is -0.945. The van der Waals surface area contributed by atoms with Gasteiger partial charge in [-0.15, -0.1) is 0 Å². The number of hydrogen-bond donors (Lipinski definition) is 0. The largest absolute Gasteiger partial charge is 0.496 e. The van der Waals surface area contributed by atoms with E-state index >= 15 is 0 Å². The lowest BCUT2D eigenvalue weighted by molar-refractivity contribution is -0.0435. The molecule has 0 bridgehead atoms. The molecule has 0 radical (unpaired) electrons. The van der Waals surface area contributed by atoms with Crippen LogP contribution in [-0.4, -0.2) is 36.5 Å². The highest BCUT2D eigenvalue weighted by atomic mass is 16.7. The van der Waals surface area contributed by atoms with Gasteiger partial charge < -0.3 is 18.8 Å². The molecule has 108 valence electrons. The maximum atomic E-state index is 6.08. The van der Waals surface area contributed by atoms with Crippen molar-refractivity contribution in [2.75, 3.05) is 13.2 Å². The minimum atomic E-state index is -0.448. The van der Waals surface area contributed by atoms with Gasteiger partial charge in [0.25, 0.3) is 0 Å². The molecule has 0 aromatic carbocycles. The Kier molecular flexibility index (Phi) is 3.37. The van der Waals surface area contributed by atoms with Gasteiger partial charge in [0.05, 0.1) is 24.4 Å². The van der Waals surface area contributed by atoms with Gasteiger partial charge in [-0.05, 0) is 33.8 Å². The molecule has 5 nitrogen and oxygen atoms in total. The summed E-state index contributed by atoms with van der Waals surface area (Å²) in [6, 6.07) is 1.90. The number of aromatic nitrogens is 1. The standard InChI is InChI=1S/C14H20BNO4/c1-13(2)14(3,4)20-15(19-13)11-9-16-6-5-10(11)12-17-7-8-18-12/h5-6,9,12H,7-8H2,1-4H3. The monoisotopic (exact) mass is 277 g/mol. The first-order chi connectivity index (χ1) is 9.41. The highest BCUT2D eigenvalue weighted by molar-refractivity contribution is 6.62. The summed E-state index contributed by atoms with van der Waals surface area (Å²) < 4.78 is 23.3. The Labute approximate surface area is 119 Å². The van der Waals surface area contributed by atoms with E-state index < -0.39 is 7.12 Å². The minimum absolute atomic E-state index is 0.355. The third kappa shape index (κ3) is 2.27. The van der Waals surface area contributed by atoms with Crippen LogP contribution < -0.4 is 5.46 Å². The average Bonchev–Trinajstić information content (AvgIpc) is 2.97.